The third-order valence-corrected chi connectivity index (χ3v) is 4.03. The summed E-state index contributed by atoms with van der Waals surface area (Å²) in [5.74, 6) is 1.27. The van der Waals surface area contributed by atoms with Gasteiger partial charge in [0.05, 0.1) is 11.6 Å². The highest BCUT2D eigenvalue weighted by Gasteiger charge is 2.06. The lowest BCUT2D eigenvalue weighted by Gasteiger charge is -2.10. The predicted octanol–water partition coefficient (Wildman–Crippen LogP) is 4.04. The Labute approximate surface area is 145 Å². The summed E-state index contributed by atoms with van der Waals surface area (Å²) >= 11 is 3.49. The number of halogens is 1. The maximum Gasteiger partial charge on any atom is 0.193 e. The molecule has 0 radical (unpaired) electrons. The topological polar surface area (TPSA) is 59.6 Å². The Balaban J connectivity index is 1.99. The van der Waals surface area contributed by atoms with E-state index in [9.17, 15) is 0 Å². The SMILES string of the molecule is COc1c(Br)cccc1CCN=C(N)Nc1cc(C)cc(C)c1. The first kappa shape index (κ1) is 17.3. The Hall–Kier alpha value is -2.01. The van der Waals surface area contributed by atoms with Gasteiger partial charge in [-0.25, -0.2) is 0 Å². The van der Waals surface area contributed by atoms with E-state index in [4.69, 9.17) is 10.5 Å². The monoisotopic (exact) mass is 375 g/mol. The number of rotatable bonds is 5. The van der Waals surface area contributed by atoms with Crippen LogP contribution in [0.15, 0.2) is 45.9 Å². The maximum absolute atomic E-state index is 5.97. The van der Waals surface area contributed by atoms with Gasteiger partial charge in [-0.05, 0) is 71.1 Å². The average molecular weight is 376 g/mol. The van der Waals surface area contributed by atoms with Crippen LogP contribution in [0.3, 0.4) is 0 Å². The van der Waals surface area contributed by atoms with Crippen molar-refractivity contribution in [3.8, 4) is 5.75 Å². The average Bonchev–Trinajstić information content (AvgIpc) is 2.46. The van der Waals surface area contributed by atoms with E-state index in [1.165, 1.54) is 11.1 Å². The van der Waals surface area contributed by atoms with E-state index in [0.717, 1.165) is 27.9 Å². The van der Waals surface area contributed by atoms with Gasteiger partial charge in [-0.15, -0.1) is 0 Å². The summed E-state index contributed by atoms with van der Waals surface area (Å²) in [7, 11) is 1.67. The quantitative estimate of drug-likeness (QED) is 0.612. The number of guanidine groups is 1. The number of hydrogen-bond acceptors (Lipinski definition) is 2. The Kier molecular flexibility index (Phi) is 6.04. The van der Waals surface area contributed by atoms with Crippen LogP contribution >= 0.6 is 15.9 Å². The van der Waals surface area contributed by atoms with Crippen molar-refractivity contribution in [3.05, 3.63) is 57.6 Å². The molecule has 0 aromatic heterocycles. The molecule has 4 nitrogen and oxygen atoms in total. The van der Waals surface area contributed by atoms with Crippen molar-refractivity contribution in [1.82, 2.24) is 0 Å². The predicted molar refractivity (Wildman–Crippen MR) is 100 cm³/mol. The van der Waals surface area contributed by atoms with Crippen molar-refractivity contribution < 1.29 is 4.74 Å². The molecule has 122 valence electrons. The van der Waals surface area contributed by atoms with Gasteiger partial charge in [0.15, 0.2) is 5.96 Å². The van der Waals surface area contributed by atoms with E-state index in [2.05, 4.69) is 46.2 Å². The van der Waals surface area contributed by atoms with E-state index in [-0.39, 0.29) is 0 Å². The molecule has 0 aliphatic heterocycles. The molecule has 0 amide bonds. The molecule has 0 spiro atoms. The summed E-state index contributed by atoms with van der Waals surface area (Å²) in [4.78, 5) is 4.39. The Morgan fingerprint density at radius 1 is 1.22 bits per heavy atom. The van der Waals surface area contributed by atoms with Gasteiger partial charge in [-0.3, -0.25) is 4.99 Å². The molecule has 0 aliphatic carbocycles. The molecule has 0 fully saturated rings. The lowest BCUT2D eigenvalue weighted by atomic mass is 10.1. The zero-order valence-corrected chi connectivity index (χ0v) is 15.3. The van der Waals surface area contributed by atoms with Crippen LogP contribution < -0.4 is 15.8 Å². The molecule has 5 heteroatoms. The smallest absolute Gasteiger partial charge is 0.193 e. The van der Waals surface area contributed by atoms with Gasteiger partial charge in [0.2, 0.25) is 0 Å². The molecule has 23 heavy (non-hydrogen) atoms. The molecule has 2 rings (SSSR count). The summed E-state index contributed by atoms with van der Waals surface area (Å²) in [6.45, 7) is 4.71. The largest absolute Gasteiger partial charge is 0.495 e. The van der Waals surface area contributed by atoms with Crippen LogP contribution in [0.5, 0.6) is 5.75 Å². The standard InChI is InChI=1S/C18H22BrN3O/c1-12-9-13(2)11-15(10-12)22-18(20)21-8-7-14-5-4-6-16(19)17(14)23-3/h4-6,9-11H,7-8H2,1-3H3,(H3,20,21,22). The molecule has 0 saturated carbocycles. The molecule has 2 aromatic carbocycles. The Morgan fingerprint density at radius 2 is 1.91 bits per heavy atom. The van der Waals surface area contributed by atoms with Crippen LogP contribution in [0.1, 0.15) is 16.7 Å². The third kappa shape index (κ3) is 4.99. The van der Waals surface area contributed by atoms with Crippen LogP contribution in [0.25, 0.3) is 0 Å². The number of methoxy groups -OCH3 is 1. The van der Waals surface area contributed by atoms with Crippen LogP contribution in [-0.4, -0.2) is 19.6 Å². The normalized spacial score (nSPS) is 11.4. The van der Waals surface area contributed by atoms with Gasteiger partial charge in [0.1, 0.15) is 5.75 Å². The number of aryl methyl sites for hydroxylation is 2. The lowest BCUT2D eigenvalue weighted by molar-refractivity contribution is 0.407. The molecule has 0 atom stereocenters. The van der Waals surface area contributed by atoms with Gasteiger partial charge in [-0.1, -0.05) is 18.2 Å². The van der Waals surface area contributed by atoms with Crippen LogP contribution in [-0.2, 0) is 6.42 Å². The number of nitrogens with zero attached hydrogens (tertiary/aromatic N) is 1. The van der Waals surface area contributed by atoms with Crippen molar-refractivity contribution in [2.24, 2.45) is 10.7 Å². The van der Waals surface area contributed by atoms with Crippen LogP contribution in [0.4, 0.5) is 5.69 Å². The summed E-state index contributed by atoms with van der Waals surface area (Å²) in [6.07, 6.45) is 0.762. The van der Waals surface area contributed by atoms with Crippen LogP contribution in [0.2, 0.25) is 0 Å². The lowest BCUT2D eigenvalue weighted by Crippen LogP contribution is -2.23. The fraction of sp³-hybridized carbons (Fsp3) is 0.278. The van der Waals surface area contributed by atoms with Gasteiger partial charge < -0.3 is 15.8 Å². The number of hydrogen-bond donors (Lipinski definition) is 2. The van der Waals surface area contributed by atoms with E-state index < -0.39 is 0 Å². The molecule has 3 N–H and O–H groups in total. The first-order chi connectivity index (χ1) is 11.0. The Bertz CT molecular complexity index is 693. The summed E-state index contributed by atoms with van der Waals surface area (Å²) in [5, 5.41) is 3.14. The summed E-state index contributed by atoms with van der Waals surface area (Å²) in [5.41, 5.74) is 10.4. The van der Waals surface area contributed by atoms with Gasteiger partial charge in [0.25, 0.3) is 0 Å². The zero-order chi connectivity index (χ0) is 16.8. The Morgan fingerprint density at radius 3 is 2.57 bits per heavy atom. The molecule has 0 unspecified atom stereocenters. The molecular weight excluding hydrogens is 354 g/mol. The molecular formula is C18H22BrN3O. The highest BCUT2D eigenvalue weighted by Crippen LogP contribution is 2.28. The fourth-order valence-electron chi connectivity index (χ4n) is 2.51. The second-order valence-corrected chi connectivity index (χ2v) is 6.30. The summed E-state index contributed by atoms with van der Waals surface area (Å²) in [6, 6.07) is 12.2. The van der Waals surface area contributed by atoms with Gasteiger partial charge >= 0.3 is 0 Å². The summed E-state index contributed by atoms with van der Waals surface area (Å²) < 4.78 is 6.36. The zero-order valence-electron chi connectivity index (χ0n) is 13.7. The minimum absolute atomic E-state index is 0.420. The number of ether oxygens (including phenoxy) is 1. The highest BCUT2D eigenvalue weighted by molar-refractivity contribution is 9.10. The van der Waals surface area contributed by atoms with Crippen molar-refractivity contribution in [2.75, 3.05) is 19.0 Å². The molecule has 0 saturated heterocycles. The number of nitrogens with one attached hydrogen (secondary N) is 1. The molecule has 0 heterocycles. The second-order valence-electron chi connectivity index (χ2n) is 5.45. The molecule has 0 bridgehead atoms. The van der Waals surface area contributed by atoms with E-state index >= 15 is 0 Å². The molecule has 2 aromatic rings. The van der Waals surface area contributed by atoms with E-state index in [0.29, 0.717) is 12.5 Å². The number of nitrogens with two attached hydrogens (primary N) is 1. The highest BCUT2D eigenvalue weighted by atomic mass is 79.9. The first-order valence-electron chi connectivity index (χ1n) is 7.46. The molecule has 0 aliphatic rings. The van der Waals surface area contributed by atoms with Crippen molar-refractivity contribution in [1.29, 1.82) is 0 Å². The third-order valence-electron chi connectivity index (χ3n) is 3.41. The van der Waals surface area contributed by atoms with E-state index in [1.807, 2.05) is 30.3 Å². The number of aliphatic imine (C=N–C) groups is 1. The second kappa shape index (κ2) is 8.02. The first-order valence-corrected chi connectivity index (χ1v) is 8.25. The van der Waals surface area contributed by atoms with Gasteiger partial charge in [-0.2, -0.15) is 0 Å². The minimum atomic E-state index is 0.420. The number of benzene rings is 2. The van der Waals surface area contributed by atoms with Crippen LogP contribution in [0, 0.1) is 13.8 Å². The van der Waals surface area contributed by atoms with Crippen molar-refractivity contribution in [2.45, 2.75) is 20.3 Å². The maximum atomic E-state index is 5.97. The number of anilines is 1. The van der Waals surface area contributed by atoms with Crippen molar-refractivity contribution in [3.63, 3.8) is 0 Å². The van der Waals surface area contributed by atoms with Gasteiger partial charge in [0, 0.05) is 12.2 Å². The minimum Gasteiger partial charge on any atom is -0.495 e. The fourth-order valence-corrected chi connectivity index (χ4v) is 3.08. The number of para-hydroxylation sites is 1. The van der Waals surface area contributed by atoms with Crippen molar-refractivity contribution >= 4 is 27.6 Å². The van der Waals surface area contributed by atoms with E-state index in [1.54, 1.807) is 7.11 Å².